The van der Waals surface area contributed by atoms with Crippen LogP contribution in [0.5, 0.6) is 0 Å². The predicted octanol–water partition coefficient (Wildman–Crippen LogP) is 2.32. The maximum atomic E-state index is 12.1. The van der Waals surface area contributed by atoms with E-state index < -0.39 is 5.54 Å². The second-order valence-corrected chi connectivity index (χ2v) is 5.23. The van der Waals surface area contributed by atoms with Crippen molar-refractivity contribution in [3.8, 4) is 0 Å². The number of hydrogen-bond acceptors (Lipinski definition) is 2. The summed E-state index contributed by atoms with van der Waals surface area (Å²) in [5.74, 6) is 0.295. The van der Waals surface area contributed by atoms with Crippen LogP contribution in [0, 0.1) is 12.3 Å². The molecule has 0 aromatic heterocycles. The van der Waals surface area contributed by atoms with Crippen molar-refractivity contribution in [3.05, 3.63) is 47.5 Å². The normalized spacial score (nSPS) is 24.8. The molecule has 0 radical (unpaired) electrons. The molecule has 2 aliphatic rings. The van der Waals surface area contributed by atoms with Gasteiger partial charge in [0.1, 0.15) is 11.4 Å². The monoisotopic (exact) mass is 255 g/mol. The van der Waals surface area contributed by atoms with Gasteiger partial charge in [-0.25, -0.2) is 4.79 Å². The number of carbonyl (C=O) groups excluding carboxylic acids is 1. The first kappa shape index (κ1) is 12.0. The van der Waals surface area contributed by atoms with Crippen LogP contribution in [0.4, 0.5) is 4.79 Å². The number of nitrogens with one attached hydrogen (secondary N) is 2. The van der Waals surface area contributed by atoms with Gasteiger partial charge in [-0.2, -0.15) is 0 Å². The van der Waals surface area contributed by atoms with Gasteiger partial charge in [0.25, 0.3) is 0 Å². The number of urea groups is 1. The molecule has 3 rings (SSSR count). The maximum absolute atomic E-state index is 12.1. The largest absolute Gasteiger partial charge is 0.324 e. The highest BCUT2D eigenvalue weighted by atomic mass is 16.2. The minimum atomic E-state index is -0.605. The molecule has 0 bridgehead atoms. The molecule has 4 nitrogen and oxygen atoms in total. The zero-order chi connectivity index (χ0) is 13.6. The summed E-state index contributed by atoms with van der Waals surface area (Å²) in [5.41, 5.74) is 2.89. The Hall–Kier alpha value is -2.10. The van der Waals surface area contributed by atoms with Gasteiger partial charge < -0.3 is 4.90 Å². The number of nitrogens with zero attached hydrogens (tertiary/aromatic N) is 1. The molecule has 1 atom stereocenters. The van der Waals surface area contributed by atoms with Crippen LogP contribution in [-0.4, -0.2) is 23.3 Å². The van der Waals surface area contributed by atoms with Crippen LogP contribution < -0.4 is 5.32 Å². The van der Waals surface area contributed by atoms with Crippen LogP contribution in [0.1, 0.15) is 23.1 Å². The number of aryl methyl sites for hydroxylation is 2. The van der Waals surface area contributed by atoms with Crippen molar-refractivity contribution in [1.29, 1.82) is 5.41 Å². The fourth-order valence-electron chi connectivity index (χ4n) is 3.24. The van der Waals surface area contributed by atoms with Gasteiger partial charge in [-0.1, -0.05) is 29.8 Å². The summed E-state index contributed by atoms with van der Waals surface area (Å²) in [7, 11) is 0. The fraction of sp³-hybridized carbons (Fsp3) is 0.333. The second kappa shape index (κ2) is 3.95. The Morgan fingerprint density at radius 2 is 2.37 bits per heavy atom. The molecular weight excluding hydrogens is 238 g/mol. The Morgan fingerprint density at radius 3 is 3.11 bits per heavy atom. The first-order chi connectivity index (χ1) is 9.09. The third-order valence-electron chi connectivity index (χ3n) is 4.13. The molecule has 4 heteroatoms. The van der Waals surface area contributed by atoms with E-state index in [9.17, 15) is 4.79 Å². The van der Waals surface area contributed by atoms with E-state index in [1.807, 2.05) is 6.92 Å². The third-order valence-corrected chi connectivity index (χ3v) is 4.13. The number of amidine groups is 1. The van der Waals surface area contributed by atoms with Gasteiger partial charge in [-0.15, -0.1) is 6.58 Å². The predicted molar refractivity (Wildman–Crippen MR) is 74.3 cm³/mol. The molecule has 1 heterocycles. The molecular formula is C15H17N3O. The van der Waals surface area contributed by atoms with Gasteiger partial charge in [0.05, 0.1) is 0 Å². The van der Waals surface area contributed by atoms with Gasteiger partial charge in [-0.05, 0) is 30.9 Å². The number of amides is 2. The standard InChI is InChI=1S/C15H17N3O/c1-3-8-18-14(19)17-13(16)15(18)7-6-11-5-4-10(2)9-12(11)15/h3-5,9H,1,6-8H2,2H3,(H2,16,17,19). The summed E-state index contributed by atoms with van der Waals surface area (Å²) in [5, 5.41) is 10.9. The van der Waals surface area contributed by atoms with Gasteiger partial charge in [0.15, 0.2) is 0 Å². The topological polar surface area (TPSA) is 56.2 Å². The lowest BCUT2D eigenvalue weighted by atomic mass is 9.89. The van der Waals surface area contributed by atoms with Crippen LogP contribution >= 0.6 is 0 Å². The molecule has 0 saturated carbocycles. The lowest BCUT2D eigenvalue weighted by Gasteiger charge is -2.33. The van der Waals surface area contributed by atoms with E-state index in [1.165, 1.54) is 5.56 Å². The Morgan fingerprint density at radius 1 is 1.58 bits per heavy atom. The molecule has 1 aromatic carbocycles. The molecule has 2 N–H and O–H groups in total. The van der Waals surface area contributed by atoms with Crippen molar-refractivity contribution in [2.75, 3.05) is 6.54 Å². The van der Waals surface area contributed by atoms with Crippen molar-refractivity contribution in [1.82, 2.24) is 10.2 Å². The van der Waals surface area contributed by atoms with Crippen LogP contribution in [0.25, 0.3) is 0 Å². The Bertz CT molecular complexity index is 593. The van der Waals surface area contributed by atoms with Crippen LogP contribution in [0.2, 0.25) is 0 Å². The molecule has 1 aliphatic heterocycles. The minimum Gasteiger partial charge on any atom is -0.304 e. The number of rotatable bonds is 2. The molecule has 98 valence electrons. The number of hydrogen-bond donors (Lipinski definition) is 2. The summed E-state index contributed by atoms with van der Waals surface area (Å²) in [6.07, 6.45) is 3.39. The number of fused-ring (bicyclic) bond motifs is 2. The molecule has 1 spiro atoms. The molecule has 1 aromatic rings. The highest BCUT2D eigenvalue weighted by molar-refractivity contribution is 6.09. The van der Waals surface area contributed by atoms with E-state index in [-0.39, 0.29) is 6.03 Å². The smallest absolute Gasteiger partial charge is 0.304 e. The summed E-state index contributed by atoms with van der Waals surface area (Å²) in [6, 6.07) is 6.11. The number of benzene rings is 1. The fourth-order valence-corrected chi connectivity index (χ4v) is 3.24. The van der Waals surface area contributed by atoms with Gasteiger partial charge >= 0.3 is 6.03 Å². The van der Waals surface area contributed by atoms with Gasteiger partial charge in [0, 0.05) is 6.54 Å². The highest BCUT2D eigenvalue weighted by Crippen LogP contribution is 2.44. The Labute approximate surface area is 112 Å². The van der Waals surface area contributed by atoms with Crippen molar-refractivity contribution in [3.63, 3.8) is 0 Å². The van der Waals surface area contributed by atoms with E-state index in [0.717, 1.165) is 24.0 Å². The van der Waals surface area contributed by atoms with Crippen LogP contribution in [0.3, 0.4) is 0 Å². The quantitative estimate of drug-likeness (QED) is 0.783. The maximum Gasteiger partial charge on any atom is 0.324 e. The summed E-state index contributed by atoms with van der Waals surface area (Å²) >= 11 is 0. The molecule has 19 heavy (non-hydrogen) atoms. The van der Waals surface area contributed by atoms with Crippen LogP contribution in [0.15, 0.2) is 30.9 Å². The minimum absolute atomic E-state index is 0.195. The molecule has 1 aliphatic carbocycles. The van der Waals surface area contributed by atoms with Crippen molar-refractivity contribution < 1.29 is 4.79 Å². The van der Waals surface area contributed by atoms with Gasteiger partial charge in [-0.3, -0.25) is 10.7 Å². The lowest BCUT2D eigenvalue weighted by molar-refractivity contribution is 0.182. The molecule has 1 saturated heterocycles. The van der Waals surface area contributed by atoms with Crippen molar-refractivity contribution in [2.24, 2.45) is 0 Å². The first-order valence-electron chi connectivity index (χ1n) is 6.48. The number of carbonyl (C=O) groups is 1. The first-order valence-corrected chi connectivity index (χ1v) is 6.48. The van der Waals surface area contributed by atoms with E-state index in [4.69, 9.17) is 5.41 Å². The third kappa shape index (κ3) is 1.46. The van der Waals surface area contributed by atoms with Gasteiger partial charge in [0.2, 0.25) is 0 Å². The highest BCUT2D eigenvalue weighted by Gasteiger charge is 2.54. The van der Waals surface area contributed by atoms with E-state index in [0.29, 0.717) is 12.4 Å². The second-order valence-electron chi connectivity index (χ2n) is 5.23. The van der Waals surface area contributed by atoms with Crippen LogP contribution in [-0.2, 0) is 12.0 Å². The zero-order valence-electron chi connectivity index (χ0n) is 11.0. The summed E-state index contributed by atoms with van der Waals surface area (Å²) in [6.45, 7) is 6.22. The average Bonchev–Trinajstić information content (AvgIpc) is 2.85. The average molecular weight is 255 g/mol. The summed E-state index contributed by atoms with van der Waals surface area (Å²) in [4.78, 5) is 13.8. The SMILES string of the molecule is C=CCN1C(=O)NC(=N)C12CCc1ccc(C)cc12. The Balaban J connectivity index is 2.18. The summed E-state index contributed by atoms with van der Waals surface area (Å²) < 4.78 is 0. The van der Waals surface area contributed by atoms with E-state index in [1.54, 1.807) is 11.0 Å². The van der Waals surface area contributed by atoms with E-state index in [2.05, 4.69) is 30.1 Å². The molecule has 1 fully saturated rings. The molecule has 1 unspecified atom stereocenters. The Kier molecular flexibility index (Phi) is 2.49. The van der Waals surface area contributed by atoms with Crippen molar-refractivity contribution in [2.45, 2.75) is 25.3 Å². The lowest BCUT2D eigenvalue weighted by Crippen LogP contribution is -2.45. The molecule has 2 amide bonds. The van der Waals surface area contributed by atoms with E-state index >= 15 is 0 Å². The zero-order valence-corrected chi connectivity index (χ0v) is 11.0. The van der Waals surface area contributed by atoms with Crippen molar-refractivity contribution >= 4 is 11.9 Å².